The number of esters is 1. The van der Waals surface area contributed by atoms with Crippen molar-refractivity contribution in [2.45, 2.75) is 24.7 Å². The van der Waals surface area contributed by atoms with Crippen LogP contribution in [0.4, 0.5) is 0 Å². The molecule has 1 heterocycles. The molecular formula is C12H14O2S. The summed E-state index contributed by atoms with van der Waals surface area (Å²) >= 11 is 1.66. The first-order chi connectivity index (χ1) is 7.09. The maximum Gasteiger partial charge on any atom is 0.322 e. The SMILES string of the molecule is CC1(C)SCC(c2ccccc2)OC1=O. The van der Waals surface area contributed by atoms with E-state index in [2.05, 4.69) is 0 Å². The van der Waals surface area contributed by atoms with E-state index in [4.69, 9.17) is 4.74 Å². The van der Waals surface area contributed by atoms with Gasteiger partial charge in [-0.2, -0.15) is 0 Å². The standard InChI is InChI=1S/C12H14O2S/c1-12(2)11(13)14-10(8-15-12)9-6-4-3-5-7-9/h3-7,10H,8H2,1-2H3. The highest BCUT2D eigenvalue weighted by Gasteiger charge is 2.37. The van der Waals surface area contributed by atoms with Crippen molar-refractivity contribution in [1.82, 2.24) is 0 Å². The Morgan fingerprint density at radius 3 is 2.60 bits per heavy atom. The van der Waals surface area contributed by atoms with Gasteiger partial charge in [-0.25, -0.2) is 0 Å². The van der Waals surface area contributed by atoms with E-state index in [1.54, 1.807) is 11.8 Å². The largest absolute Gasteiger partial charge is 0.456 e. The summed E-state index contributed by atoms with van der Waals surface area (Å²) in [6, 6.07) is 9.89. The van der Waals surface area contributed by atoms with Crippen molar-refractivity contribution in [3.05, 3.63) is 35.9 Å². The van der Waals surface area contributed by atoms with E-state index in [1.165, 1.54) is 0 Å². The second kappa shape index (κ2) is 3.89. The van der Waals surface area contributed by atoms with Gasteiger partial charge < -0.3 is 4.74 Å². The van der Waals surface area contributed by atoms with Gasteiger partial charge in [0.25, 0.3) is 0 Å². The Morgan fingerprint density at radius 1 is 1.33 bits per heavy atom. The van der Waals surface area contributed by atoms with Gasteiger partial charge in [0.2, 0.25) is 0 Å². The molecule has 1 atom stereocenters. The van der Waals surface area contributed by atoms with Gasteiger partial charge in [0.05, 0.1) is 0 Å². The lowest BCUT2D eigenvalue weighted by molar-refractivity contribution is -0.151. The summed E-state index contributed by atoms with van der Waals surface area (Å²) in [6.45, 7) is 3.81. The Bertz CT molecular complexity index is 359. The Kier molecular flexibility index (Phi) is 2.74. The summed E-state index contributed by atoms with van der Waals surface area (Å²) in [4.78, 5) is 11.7. The first-order valence-corrected chi connectivity index (χ1v) is 5.98. The number of carbonyl (C=O) groups excluding carboxylic acids is 1. The van der Waals surface area contributed by atoms with Crippen molar-refractivity contribution in [2.75, 3.05) is 5.75 Å². The maximum atomic E-state index is 11.7. The summed E-state index contributed by atoms with van der Waals surface area (Å²) in [6.07, 6.45) is -0.0864. The molecule has 1 saturated heterocycles. The van der Waals surface area contributed by atoms with E-state index in [0.29, 0.717) is 0 Å². The lowest BCUT2D eigenvalue weighted by atomic mass is 10.1. The third-order valence-electron chi connectivity index (χ3n) is 2.51. The van der Waals surface area contributed by atoms with Crippen molar-refractivity contribution in [2.24, 2.45) is 0 Å². The molecule has 0 aromatic heterocycles. The highest BCUT2D eigenvalue weighted by atomic mass is 32.2. The fraction of sp³-hybridized carbons (Fsp3) is 0.417. The number of carbonyl (C=O) groups is 1. The average Bonchev–Trinajstić information content (AvgIpc) is 2.23. The fourth-order valence-corrected chi connectivity index (χ4v) is 2.47. The third kappa shape index (κ3) is 2.17. The van der Waals surface area contributed by atoms with Crippen molar-refractivity contribution >= 4 is 17.7 Å². The molecule has 2 rings (SSSR count). The molecule has 0 radical (unpaired) electrons. The molecule has 0 amide bonds. The van der Waals surface area contributed by atoms with E-state index in [0.717, 1.165) is 11.3 Å². The number of benzene rings is 1. The minimum atomic E-state index is -0.398. The van der Waals surface area contributed by atoms with E-state index < -0.39 is 4.75 Å². The lowest BCUT2D eigenvalue weighted by Crippen LogP contribution is -2.37. The zero-order chi connectivity index (χ0) is 10.9. The molecule has 1 aromatic rings. The van der Waals surface area contributed by atoms with Gasteiger partial charge in [-0.1, -0.05) is 30.3 Å². The molecule has 15 heavy (non-hydrogen) atoms. The minimum absolute atomic E-state index is 0.0864. The second-order valence-electron chi connectivity index (χ2n) is 4.13. The minimum Gasteiger partial charge on any atom is -0.456 e. The number of hydrogen-bond acceptors (Lipinski definition) is 3. The molecule has 1 fully saturated rings. The van der Waals surface area contributed by atoms with E-state index in [-0.39, 0.29) is 12.1 Å². The summed E-state index contributed by atoms with van der Waals surface area (Å²) in [5, 5.41) is 0. The van der Waals surface area contributed by atoms with E-state index in [1.807, 2.05) is 44.2 Å². The Hall–Kier alpha value is -0.960. The quantitative estimate of drug-likeness (QED) is 0.683. The van der Waals surface area contributed by atoms with Crippen molar-refractivity contribution in [1.29, 1.82) is 0 Å². The highest BCUT2D eigenvalue weighted by Crippen LogP contribution is 2.37. The molecule has 1 aromatic carbocycles. The van der Waals surface area contributed by atoms with Gasteiger partial charge in [-0.05, 0) is 19.4 Å². The number of ether oxygens (including phenoxy) is 1. The molecule has 3 heteroatoms. The van der Waals surface area contributed by atoms with Crippen LogP contribution in [0.2, 0.25) is 0 Å². The monoisotopic (exact) mass is 222 g/mol. The van der Waals surface area contributed by atoms with Crippen LogP contribution in [0.25, 0.3) is 0 Å². The predicted molar refractivity (Wildman–Crippen MR) is 61.8 cm³/mol. The van der Waals surface area contributed by atoms with Crippen LogP contribution in [0, 0.1) is 0 Å². The molecule has 1 aliphatic rings. The van der Waals surface area contributed by atoms with Crippen LogP contribution >= 0.6 is 11.8 Å². The van der Waals surface area contributed by atoms with E-state index >= 15 is 0 Å². The van der Waals surface area contributed by atoms with Crippen LogP contribution in [-0.4, -0.2) is 16.5 Å². The van der Waals surface area contributed by atoms with Gasteiger partial charge in [-0.15, -0.1) is 11.8 Å². The van der Waals surface area contributed by atoms with Crippen molar-refractivity contribution < 1.29 is 9.53 Å². The predicted octanol–water partition coefficient (Wildman–Crippen LogP) is 2.80. The molecule has 0 saturated carbocycles. The summed E-state index contributed by atoms with van der Waals surface area (Å²) in [5.41, 5.74) is 1.08. The molecule has 1 unspecified atom stereocenters. The van der Waals surface area contributed by atoms with Crippen molar-refractivity contribution in [3.8, 4) is 0 Å². The second-order valence-corrected chi connectivity index (χ2v) is 5.77. The number of cyclic esters (lactones) is 1. The zero-order valence-electron chi connectivity index (χ0n) is 8.90. The topological polar surface area (TPSA) is 26.3 Å². The van der Waals surface area contributed by atoms with Crippen LogP contribution < -0.4 is 0 Å². The van der Waals surface area contributed by atoms with Gasteiger partial charge in [-0.3, -0.25) is 4.79 Å². The summed E-state index contributed by atoms with van der Waals surface area (Å²) < 4.78 is 5.03. The molecule has 1 aliphatic heterocycles. The molecule has 0 bridgehead atoms. The van der Waals surface area contributed by atoms with Gasteiger partial charge >= 0.3 is 5.97 Å². The average molecular weight is 222 g/mol. The number of rotatable bonds is 1. The number of thioether (sulfide) groups is 1. The Morgan fingerprint density at radius 2 is 2.00 bits per heavy atom. The fourth-order valence-electron chi connectivity index (χ4n) is 1.48. The van der Waals surface area contributed by atoms with Gasteiger partial charge in [0.1, 0.15) is 10.9 Å². The van der Waals surface area contributed by atoms with Crippen LogP contribution in [0.5, 0.6) is 0 Å². The molecule has 0 N–H and O–H groups in total. The maximum absolute atomic E-state index is 11.7. The summed E-state index contributed by atoms with van der Waals surface area (Å²) in [7, 11) is 0. The number of hydrogen-bond donors (Lipinski definition) is 0. The van der Waals surface area contributed by atoms with Gasteiger partial charge in [0.15, 0.2) is 0 Å². The van der Waals surface area contributed by atoms with Crippen molar-refractivity contribution in [3.63, 3.8) is 0 Å². The van der Waals surface area contributed by atoms with Gasteiger partial charge in [0, 0.05) is 5.75 Å². The van der Waals surface area contributed by atoms with Crippen LogP contribution in [0.15, 0.2) is 30.3 Å². The first kappa shape index (κ1) is 10.6. The molecule has 2 nitrogen and oxygen atoms in total. The summed E-state index contributed by atoms with van der Waals surface area (Å²) in [5.74, 6) is 0.718. The first-order valence-electron chi connectivity index (χ1n) is 4.99. The zero-order valence-corrected chi connectivity index (χ0v) is 9.71. The van der Waals surface area contributed by atoms with Crippen LogP contribution in [0.3, 0.4) is 0 Å². The molecule has 0 spiro atoms. The Labute approximate surface area is 94.0 Å². The Balaban J connectivity index is 2.13. The van der Waals surface area contributed by atoms with Crippen LogP contribution in [-0.2, 0) is 9.53 Å². The lowest BCUT2D eigenvalue weighted by Gasteiger charge is -2.32. The van der Waals surface area contributed by atoms with E-state index in [9.17, 15) is 4.79 Å². The smallest absolute Gasteiger partial charge is 0.322 e. The molecular weight excluding hydrogens is 208 g/mol. The highest BCUT2D eigenvalue weighted by molar-refractivity contribution is 8.01. The normalized spacial score (nSPS) is 24.7. The molecule has 80 valence electrons. The molecule has 0 aliphatic carbocycles. The van der Waals surface area contributed by atoms with Crippen LogP contribution in [0.1, 0.15) is 25.5 Å². The third-order valence-corrected chi connectivity index (χ3v) is 3.87.